The average molecular weight is 533 g/mol. The van der Waals surface area contributed by atoms with Crippen molar-refractivity contribution in [3.8, 4) is 0 Å². The molecule has 0 aromatic carbocycles. The summed E-state index contributed by atoms with van der Waals surface area (Å²) in [5.41, 5.74) is 6.53. The first-order chi connectivity index (χ1) is 19.0. The largest absolute Gasteiger partial charge is 0.103 e. The molecule has 0 radical (unpaired) electrons. The fourth-order valence-corrected chi connectivity index (χ4v) is 4.11. The topological polar surface area (TPSA) is 0 Å². The second-order valence-electron chi connectivity index (χ2n) is 6.82. The quantitative estimate of drug-likeness (QED) is 0.204. The summed E-state index contributed by atoms with van der Waals surface area (Å²) in [5, 5.41) is 0. The fourth-order valence-electron chi connectivity index (χ4n) is 4.11. The molecular weight excluding hydrogens is 468 g/mol. The molecular formula is C39H64. The van der Waals surface area contributed by atoms with Gasteiger partial charge in [-0.15, -0.1) is 6.58 Å². The lowest BCUT2D eigenvalue weighted by Gasteiger charge is -2.37. The molecule has 0 aromatic heterocycles. The fraction of sp³-hybridized carbons (Fsp3) is 0.385. The molecule has 1 atom stereocenters. The van der Waals surface area contributed by atoms with E-state index in [1.54, 1.807) is 6.08 Å². The van der Waals surface area contributed by atoms with Crippen molar-refractivity contribution in [2.75, 3.05) is 0 Å². The lowest BCUT2D eigenvalue weighted by molar-refractivity contribution is 0.677. The van der Waals surface area contributed by atoms with E-state index < -0.39 is 5.41 Å². The average Bonchev–Trinajstić information content (AvgIpc) is 3.27. The van der Waals surface area contributed by atoms with E-state index in [4.69, 9.17) is 0 Å². The molecule has 0 N–H and O–H groups in total. The van der Waals surface area contributed by atoms with Crippen LogP contribution in [-0.4, -0.2) is 0 Å². The smallest absolute Gasteiger partial charge is 0.0706 e. The molecule has 0 nitrogen and oxygen atoms in total. The Kier molecular flexibility index (Phi) is 38.6. The van der Waals surface area contributed by atoms with Crippen LogP contribution in [0.5, 0.6) is 0 Å². The lowest BCUT2D eigenvalue weighted by Crippen LogP contribution is -2.27. The van der Waals surface area contributed by atoms with Gasteiger partial charge in [-0.2, -0.15) is 0 Å². The zero-order chi connectivity index (χ0) is 31.9. The summed E-state index contributed by atoms with van der Waals surface area (Å²) in [6.07, 6.45) is 27.4. The molecule has 0 bridgehead atoms. The second kappa shape index (κ2) is 32.9. The molecule has 0 saturated heterocycles. The predicted molar refractivity (Wildman–Crippen MR) is 189 cm³/mol. The van der Waals surface area contributed by atoms with E-state index in [1.807, 2.05) is 99.6 Å². The van der Waals surface area contributed by atoms with E-state index in [0.717, 1.165) is 17.6 Å². The van der Waals surface area contributed by atoms with Gasteiger partial charge < -0.3 is 0 Å². The van der Waals surface area contributed by atoms with Gasteiger partial charge in [-0.1, -0.05) is 168 Å². The van der Waals surface area contributed by atoms with E-state index in [-0.39, 0.29) is 0 Å². The number of hydrogen-bond acceptors (Lipinski definition) is 0. The first-order valence-electron chi connectivity index (χ1n) is 14.9. The molecule has 0 heterocycles. The van der Waals surface area contributed by atoms with Crippen molar-refractivity contribution in [3.05, 3.63) is 145 Å². The minimum Gasteiger partial charge on any atom is -0.103 e. The highest BCUT2D eigenvalue weighted by atomic mass is 14.5. The summed E-state index contributed by atoms with van der Waals surface area (Å²) >= 11 is 0. The number of allylic oxidation sites excluding steroid dienone is 19. The van der Waals surface area contributed by atoms with Crippen molar-refractivity contribution in [1.29, 1.82) is 0 Å². The summed E-state index contributed by atoms with van der Waals surface area (Å²) < 4.78 is 0. The molecule has 0 heteroatoms. The van der Waals surface area contributed by atoms with Gasteiger partial charge >= 0.3 is 0 Å². The highest BCUT2D eigenvalue weighted by Gasteiger charge is 2.48. The van der Waals surface area contributed by atoms with E-state index in [1.165, 1.54) is 22.3 Å². The molecule has 0 spiro atoms. The molecule has 0 fully saturated rings. The van der Waals surface area contributed by atoms with Gasteiger partial charge in [0.2, 0.25) is 0 Å². The molecule has 39 heavy (non-hydrogen) atoms. The van der Waals surface area contributed by atoms with Gasteiger partial charge in [0.05, 0.1) is 5.41 Å². The second-order valence-corrected chi connectivity index (χ2v) is 6.82. The minimum atomic E-state index is -0.474. The molecule has 0 aromatic rings. The van der Waals surface area contributed by atoms with Gasteiger partial charge in [-0.25, -0.2) is 0 Å². The standard InChI is InChI=1S/C28H34.C3H6.4C2H6/c1-9-17-21-23(19-11-3)28(22(13-5)18-10-2)26(16-8)24(14-6)25(15-7)27(28)20-12-4;1-3-2;4*1-2/h9-10,12-21H,1,4,6,8,11H2,2-3,5,7H3;3H,1H2,2H3;4*1-2H3/b18-10-,21-17-,22-13+,23-19+,25-15-,27-20+;;;;;. The van der Waals surface area contributed by atoms with Gasteiger partial charge in [0.25, 0.3) is 0 Å². The van der Waals surface area contributed by atoms with Crippen molar-refractivity contribution in [3.63, 3.8) is 0 Å². The maximum absolute atomic E-state index is 4.19. The molecule has 1 rings (SSSR count). The van der Waals surface area contributed by atoms with Crippen LogP contribution >= 0.6 is 0 Å². The zero-order valence-corrected chi connectivity index (χ0v) is 28.2. The Morgan fingerprint density at radius 1 is 0.718 bits per heavy atom. The Morgan fingerprint density at radius 3 is 1.54 bits per heavy atom. The van der Waals surface area contributed by atoms with Crippen molar-refractivity contribution >= 4 is 0 Å². The zero-order valence-electron chi connectivity index (χ0n) is 28.2. The lowest BCUT2D eigenvalue weighted by atomic mass is 9.64. The van der Waals surface area contributed by atoms with Crippen LogP contribution in [-0.2, 0) is 0 Å². The Hall–Kier alpha value is -3.12. The number of hydrogen-bond donors (Lipinski definition) is 0. The van der Waals surface area contributed by atoms with Gasteiger partial charge in [-0.05, 0) is 67.6 Å². The van der Waals surface area contributed by atoms with Crippen LogP contribution in [0.2, 0.25) is 0 Å². The minimum absolute atomic E-state index is 0.474. The Balaban J connectivity index is -0.000000307. The van der Waals surface area contributed by atoms with E-state index in [9.17, 15) is 0 Å². The summed E-state index contributed by atoms with van der Waals surface area (Å²) in [5.74, 6) is 0. The maximum atomic E-state index is 4.19. The third kappa shape index (κ3) is 13.0. The van der Waals surface area contributed by atoms with Crippen LogP contribution in [0.25, 0.3) is 0 Å². The number of rotatable bonds is 9. The van der Waals surface area contributed by atoms with Gasteiger partial charge in [-0.3, -0.25) is 0 Å². The van der Waals surface area contributed by atoms with Gasteiger partial charge in [0.1, 0.15) is 0 Å². The molecule has 220 valence electrons. The molecule has 1 aliphatic rings. The third-order valence-corrected chi connectivity index (χ3v) is 5.02. The summed E-state index contributed by atoms with van der Waals surface area (Å²) in [4.78, 5) is 0. The summed E-state index contributed by atoms with van der Waals surface area (Å²) in [7, 11) is 0. The highest BCUT2D eigenvalue weighted by molar-refractivity contribution is 5.77. The molecule has 0 saturated carbocycles. The van der Waals surface area contributed by atoms with E-state index in [2.05, 4.69) is 96.2 Å². The highest BCUT2D eigenvalue weighted by Crippen LogP contribution is 2.60. The van der Waals surface area contributed by atoms with Crippen LogP contribution in [0, 0.1) is 5.41 Å². The van der Waals surface area contributed by atoms with Crippen LogP contribution in [0.1, 0.15) is 96.4 Å². The Bertz CT molecular complexity index is 884. The first-order valence-corrected chi connectivity index (χ1v) is 14.9. The van der Waals surface area contributed by atoms with Crippen LogP contribution in [0.15, 0.2) is 145 Å². The molecule has 0 aliphatic heterocycles. The molecule has 1 aliphatic carbocycles. The van der Waals surface area contributed by atoms with Crippen molar-refractivity contribution in [2.24, 2.45) is 5.41 Å². The predicted octanol–water partition coefficient (Wildman–Crippen LogP) is 13.6. The Morgan fingerprint density at radius 2 is 1.23 bits per heavy atom. The van der Waals surface area contributed by atoms with E-state index >= 15 is 0 Å². The first kappa shape index (κ1) is 45.8. The maximum Gasteiger partial charge on any atom is 0.0706 e. The van der Waals surface area contributed by atoms with Crippen LogP contribution in [0.3, 0.4) is 0 Å². The van der Waals surface area contributed by atoms with Crippen molar-refractivity contribution in [2.45, 2.75) is 96.4 Å². The Labute approximate surface area is 246 Å². The third-order valence-electron chi connectivity index (χ3n) is 5.02. The monoisotopic (exact) mass is 533 g/mol. The van der Waals surface area contributed by atoms with Gasteiger partial charge in [0.15, 0.2) is 0 Å². The normalized spacial score (nSPS) is 18.2. The summed E-state index contributed by atoms with van der Waals surface area (Å²) in [6.45, 7) is 45.8. The molecule has 1 unspecified atom stereocenters. The summed E-state index contributed by atoms with van der Waals surface area (Å²) in [6, 6.07) is 0. The van der Waals surface area contributed by atoms with Crippen LogP contribution < -0.4 is 0 Å². The van der Waals surface area contributed by atoms with Gasteiger partial charge in [0, 0.05) is 0 Å². The van der Waals surface area contributed by atoms with Crippen molar-refractivity contribution in [1.82, 2.24) is 0 Å². The van der Waals surface area contributed by atoms with Crippen molar-refractivity contribution < 1.29 is 0 Å². The van der Waals surface area contributed by atoms with E-state index in [0.29, 0.717) is 0 Å². The molecule has 0 amide bonds. The van der Waals surface area contributed by atoms with Crippen LogP contribution in [0.4, 0.5) is 0 Å². The SMILES string of the molecule is C=C/C=C\C(=C/CC)C1(C(/C=C\C)=C/C)C(C=C)=C(C=C)C(=C/C)/C1=C\C=C.C=CC.CC.CC.CC.CC.